The van der Waals surface area contributed by atoms with Gasteiger partial charge < -0.3 is 23.7 Å². The van der Waals surface area contributed by atoms with E-state index in [1.807, 2.05) is 0 Å². The lowest BCUT2D eigenvalue weighted by molar-refractivity contribution is -0.237. The lowest BCUT2D eigenvalue weighted by Crippen LogP contribution is -2.61. The van der Waals surface area contributed by atoms with Gasteiger partial charge in [-0.25, -0.2) is 0 Å². The Morgan fingerprint density at radius 1 is 0.909 bits per heavy atom. The third-order valence-corrected chi connectivity index (χ3v) is 5.35. The van der Waals surface area contributed by atoms with Crippen LogP contribution in [-0.2, 0) is 42.9 Å². The van der Waals surface area contributed by atoms with Crippen molar-refractivity contribution in [1.29, 1.82) is 0 Å². The molecule has 1 heterocycles. The van der Waals surface area contributed by atoms with Crippen molar-refractivity contribution in [2.24, 2.45) is 5.11 Å². The molecule has 0 radical (unpaired) electrons. The first-order valence-corrected chi connectivity index (χ1v) is 10.6. The molecule has 0 amide bonds. The molecule has 0 spiro atoms. The lowest BCUT2D eigenvalue weighted by atomic mass is 9.99. The number of benzene rings is 1. The molecule has 33 heavy (non-hydrogen) atoms. The van der Waals surface area contributed by atoms with Crippen molar-refractivity contribution in [1.82, 2.24) is 0 Å². The second kappa shape index (κ2) is 12.1. The third-order valence-electron chi connectivity index (χ3n) is 4.20. The Hall–Kier alpha value is -3.28. The molecule has 12 nitrogen and oxygen atoms in total. The number of thioether (sulfide) groups is 1. The summed E-state index contributed by atoms with van der Waals surface area (Å²) in [4.78, 5) is 50.1. The minimum Gasteiger partial charge on any atom is -0.463 e. The molecule has 5 atom stereocenters. The second-order valence-corrected chi connectivity index (χ2v) is 8.04. The summed E-state index contributed by atoms with van der Waals surface area (Å²) < 4.78 is 27.2. The zero-order chi connectivity index (χ0) is 24.5. The molecule has 1 aliphatic heterocycles. The van der Waals surface area contributed by atoms with E-state index in [1.54, 1.807) is 24.3 Å². The number of nitrogens with zero attached hydrogens (tertiary/aromatic N) is 3. The number of azide groups is 1. The van der Waals surface area contributed by atoms with Gasteiger partial charge >= 0.3 is 23.9 Å². The summed E-state index contributed by atoms with van der Waals surface area (Å²) in [5.41, 5.74) is 8.00. The second-order valence-electron chi connectivity index (χ2n) is 6.87. The van der Waals surface area contributed by atoms with Gasteiger partial charge in [0.05, 0.1) is 0 Å². The number of hydrogen-bond acceptors (Lipinski definition) is 11. The van der Waals surface area contributed by atoms with Gasteiger partial charge in [-0.1, -0.05) is 29.0 Å². The van der Waals surface area contributed by atoms with Crippen molar-refractivity contribution >= 4 is 41.3 Å². The predicted octanol–water partition coefficient (Wildman–Crippen LogP) is 2.80. The van der Waals surface area contributed by atoms with E-state index >= 15 is 0 Å². The van der Waals surface area contributed by atoms with Gasteiger partial charge in [0.1, 0.15) is 18.1 Å². The molecular weight excluding hydrogens is 458 g/mol. The number of esters is 4. The molecule has 1 aliphatic rings. The van der Waals surface area contributed by atoms with Crippen LogP contribution in [0.15, 0.2) is 34.3 Å². The van der Waals surface area contributed by atoms with Gasteiger partial charge in [0, 0.05) is 43.2 Å². The normalized spacial score (nSPS) is 24.1. The number of carbonyl (C=O) groups excluding carboxylic acids is 4. The van der Waals surface area contributed by atoms with Crippen LogP contribution < -0.4 is 0 Å². The monoisotopic (exact) mass is 481 g/mol. The van der Waals surface area contributed by atoms with Crippen molar-refractivity contribution in [3.8, 4) is 0 Å². The maximum atomic E-state index is 11.8. The topological polar surface area (TPSA) is 163 Å². The molecule has 0 unspecified atom stereocenters. The molecule has 0 aliphatic carbocycles. The van der Waals surface area contributed by atoms with Crippen molar-refractivity contribution in [2.45, 2.75) is 62.4 Å². The average Bonchev–Trinajstić information content (AvgIpc) is 2.71. The van der Waals surface area contributed by atoms with Gasteiger partial charge in [-0.05, 0) is 17.7 Å². The standard InChI is InChI=1S/C20H23N3O9S/c1-10(24)28-9-16-17(29-11(2)25)18(30-12(3)26)19(31-13(4)27)20(32-16)33-15-7-5-14(6-8-15)22-23-21/h5-8,16-20H,9H2,1-4H3/t16-,17-,18+,19-,20+/m1/s1. The highest BCUT2D eigenvalue weighted by Gasteiger charge is 2.52. The van der Waals surface area contributed by atoms with Crippen LogP contribution in [-0.4, -0.2) is 60.3 Å². The minimum absolute atomic E-state index is 0.301. The Morgan fingerprint density at radius 2 is 1.45 bits per heavy atom. The van der Waals surface area contributed by atoms with E-state index in [1.165, 1.54) is 13.8 Å². The van der Waals surface area contributed by atoms with Gasteiger partial charge in [-0.3, -0.25) is 19.2 Å². The first-order chi connectivity index (χ1) is 15.6. The van der Waals surface area contributed by atoms with E-state index in [0.29, 0.717) is 10.6 Å². The van der Waals surface area contributed by atoms with Crippen LogP contribution in [0.25, 0.3) is 10.4 Å². The maximum Gasteiger partial charge on any atom is 0.303 e. The molecule has 1 fully saturated rings. The zero-order valence-corrected chi connectivity index (χ0v) is 19.1. The Morgan fingerprint density at radius 3 is 1.97 bits per heavy atom. The van der Waals surface area contributed by atoms with Crippen LogP contribution in [0.3, 0.4) is 0 Å². The van der Waals surface area contributed by atoms with Gasteiger partial charge in [-0.2, -0.15) is 0 Å². The van der Waals surface area contributed by atoms with E-state index in [0.717, 1.165) is 25.6 Å². The molecule has 0 bridgehead atoms. The summed E-state index contributed by atoms with van der Waals surface area (Å²) >= 11 is 1.12. The molecule has 1 saturated heterocycles. The molecular formula is C20H23N3O9S. The minimum atomic E-state index is -1.23. The first-order valence-electron chi connectivity index (χ1n) is 9.73. The maximum absolute atomic E-state index is 11.8. The van der Waals surface area contributed by atoms with E-state index in [2.05, 4.69) is 10.0 Å². The van der Waals surface area contributed by atoms with Crippen molar-refractivity contribution in [3.05, 3.63) is 34.7 Å². The SMILES string of the molecule is CC(=O)OC[C@H]1O[C@@H](Sc2ccc(N=[N+]=[N-])cc2)[C@H](OC(C)=O)[C@@H](OC(C)=O)[C@@H]1OC(C)=O. The smallest absolute Gasteiger partial charge is 0.303 e. The molecule has 2 rings (SSSR count). The molecule has 0 N–H and O–H groups in total. The van der Waals surface area contributed by atoms with Crippen LogP contribution >= 0.6 is 11.8 Å². The largest absolute Gasteiger partial charge is 0.463 e. The average molecular weight is 481 g/mol. The fraction of sp³-hybridized carbons (Fsp3) is 0.500. The van der Waals surface area contributed by atoms with Gasteiger partial charge in [0.15, 0.2) is 18.3 Å². The van der Waals surface area contributed by atoms with Crippen LogP contribution in [0.1, 0.15) is 27.7 Å². The van der Waals surface area contributed by atoms with Crippen molar-refractivity contribution in [3.63, 3.8) is 0 Å². The lowest BCUT2D eigenvalue weighted by Gasteiger charge is -2.44. The Bertz CT molecular complexity index is 933. The van der Waals surface area contributed by atoms with Gasteiger partial charge in [-0.15, -0.1) is 0 Å². The molecule has 0 aromatic heterocycles. The summed E-state index contributed by atoms with van der Waals surface area (Å²) in [7, 11) is 0. The summed E-state index contributed by atoms with van der Waals surface area (Å²) in [6, 6.07) is 6.46. The van der Waals surface area contributed by atoms with Gasteiger partial charge in [0.25, 0.3) is 0 Å². The number of carbonyl (C=O) groups is 4. The Labute approximate surface area is 193 Å². The van der Waals surface area contributed by atoms with E-state index < -0.39 is 53.7 Å². The summed E-state index contributed by atoms with van der Waals surface area (Å²) in [6.45, 7) is 4.38. The fourth-order valence-electron chi connectivity index (χ4n) is 3.06. The van der Waals surface area contributed by atoms with Crippen LogP contribution in [0.5, 0.6) is 0 Å². The van der Waals surface area contributed by atoms with Crippen LogP contribution in [0, 0.1) is 0 Å². The first kappa shape index (κ1) is 26.0. The van der Waals surface area contributed by atoms with Crippen molar-refractivity contribution in [2.75, 3.05) is 6.61 Å². The molecule has 13 heteroatoms. The highest BCUT2D eigenvalue weighted by molar-refractivity contribution is 7.99. The quantitative estimate of drug-likeness (QED) is 0.177. The van der Waals surface area contributed by atoms with Crippen LogP contribution in [0.4, 0.5) is 5.69 Å². The summed E-state index contributed by atoms with van der Waals surface area (Å²) in [6.07, 6.45) is -4.62. The Kier molecular flexibility index (Phi) is 9.52. The highest BCUT2D eigenvalue weighted by Crippen LogP contribution is 2.38. The molecule has 1 aromatic carbocycles. The predicted molar refractivity (Wildman–Crippen MR) is 113 cm³/mol. The number of rotatable bonds is 8. The van der Waals surface area contributed by atoms with Crippen LogP contribution in [0.2, 0.25) is 0 Å². The number of hydrogen-bond donors (Lipinski definition) is 0. The molecule has 178 valence electrons. The number of ether oxygens (including phenoxy) is 5. The fourth-order valence-corrected chi connectivity index (χ4v) is 4.17. The summed E-state index contributed by atoms with van der Waals surface area (Å²) in [5, 5.41) is 3.50. The third kappa shape index (κ3) is 7.97. The zero-order valence-electron chi connectivity index (χ0n) is 18.3. The molecule has 0 saturated carbocycles. The Balaban J connectivity index is 2.43. The highest BCUT2D eigenvalue weighted by atomic mass is 32.2. The van der Waals surface area contributed by atoms with E-state index in [4.69, 9.17) is 29.2 Å². The summed E-state index contributed by atoms with van der Waals surface area (Å²) in [5.74, 6) is -2.67. The van der Waals surface area contributed by atoms with E-state index in [9.17, 15) is 19.2 Å². The van der Waals surface area contributed by atoms with Gasteiger partial charge in [0.2, 0.25) is 0 Å². The van der Waals surface area contributed by atoms with Crippen molar-refractivity contribution < 1.29 is 42.9 Å². The van der Waals surface area contributed by atoms with E-state index in [-0.39, 0.29) is 6.61 Å². The molecule has 1 aromatic rings.